The zero-order valence-corrected chi connectivity index (χ0v) is 10.6. The first kappa shape index (κ1) is 15.6. The van der Waals surface area contributed by atoms with Crippen LogP contribution in [0, 0.1) is 5.92 Å². The summed E-state index contributed by atoms with van der Waals surface area (Å²) in [6, 6.07) is -1.14. The van der Waals surface area contributed by atoms with Crippen LogP contribution in [-0.2, 0) is 4.79 Å². The molecule has 1 heterocycles. The highest BCUT2D eigenvalue weighted by Crippen LogP contribution is 2.40. The number of carboxylic acids is 1. The first-order chi connectivity index (χ1) is 7.88. The standard InChI is InChI=1S/C11H16F3NO2.ClH/c12-11(13,14)6-15-8-4-2-1-3-7(8)5-9(15)10(16)17;/h7-9H,1-6H2,(H,16,17);1H. The third-order valence-corrected chi connectivity index (χ3v) is 3.87. The number of carbonyl (C=O) groups is 1. The largest absolute Gasteiger partial charge is 0.480 e. The molecule has 2 fully saturated rings. The molecule has 1 N–H and O–H groups in total. The molecule has 106 valence electrons. The highest BCUT2D eigenvalue weighted by Gasteiger charge is 2.48. The molecule has 3 nitrogen and oxygen atoms in total. The van der Waals surface area contributed by atoms with Crippen LogP contribution in [0.5, 0.6) is 0 Å². The molecule has 1 aliphatic carbocycles. The predicted octanol–water partition coefficient (Wildman–Crippen LogP) is 2.69. The van der Waals surface area contributed by atoms with E-state index in [2.05, 4.69) is 0 Å². The number of carboxylic acid groups (broad SMARTS) is 1. The van der Waals surface area contributed by atoms with Crippen LogP contribution in [-0.4, -0.2) is 40.8 Å². The molecule has 3 unspecified atom stereocenters. The Morgan fingerprint density at radius 3 is 2.44 bits per heavy atom. The first-order valence-electron chi connectivity index (χ1n) is 5.94. The summed E-state index contributed by atoms with van der Waals surface area (Å²) in [6.07, 6.45) is -0.474. The van der Waals surface area contributed by atoms with Crippen molar-refractivity contribution >= 4 is 18.4 Å². The van der Waals surface area contributed by atoms with Gasteiger partial charge in [-0.25, -0.2) is 0 Å². The Morgan fingerprint density at radius 2 is 1.89 bits per heavy atom. The summed E-state index contributed by atoms with van der Waals surface area (Å²) >= 11 is 0. The van der Waals surface area contributed by atoms with E-state index in [0.29, 0.717) is 12.8 Å². The Morgan fingerprint density at radius 1 is 1.28 bits per heavy atom. The van der Waals surface area contributed by atoms with Gasteiger partial charge in [-0.1, -0.05) is 12.8 Å². The van der Waals surface area contributed by atoms with Gasteiger partial charge in [-0.15, -0.1) is 12.4 Å². The summed E-state index contributed by atoms with van der Waals surface area (Å²) in [5, 5.41) is 9.02. The quantitative estimate of drug-likeness (QED) is 0.849. The summed E-state index contributed by atoms with van der Waals surface area (Å²) in [6.45, 7) is -1.09. The van der Waals surface area contributed by atoms with Crippen molar-refractivity contribution in [2.45, 2.75) is 50.4 Å². The Hall–Kier alpha value is -0.490. The molecule has 3 atom stereocenters. The van der Waals surface area contributed by atoms with E-state index < -0.39 is 24.7 Å². The summed E-state index contributed by atoms with van der Waals surface area (Å²) in [7, 11) is 0. The molecule has 1 saturated carbocycles. The molecule has 7 heteroatoms. The normalized spacial score (nSPS) is 32.7. The maximum atomic E-state index is 12.5. The van der Waals surface area contributed by atoms with E-state index in [4.69, 9.17) is 5.11 Å². The smallest absolute Gasteiger partial charge is 0.401 e. The lowest BCUT2D eigenvalue weighted by Gasteiger charge is -2.33. The number of alkyl halides is 3. The molecule has 0 amide bonds. The molecule has 0 aromatic rings. The minimum Gasteiger partial charge on any atom is -0.480 e. The zero-order chi connectivity index (χ0) is 12.6. The SMILES string of the molecule is Cl.O=C(O)C1CC2CCCCC2N1CC(F)(F)F. The van der Waals surface area contributed by atoms with Crippen LogP contribution < -0.4 is 0 Å². The van der Waals surface area contributed by atoms with Crippen LogP contribution in [0.4, 0.5) is 13.2 Å². The molecule has 2 aliphatic rings. The molecular formula is C11H17ClF3NO2. The van der Waals surface area contributed by atoms with Crippen molar-refractivity contribution in [1.82, 2.24) is 4.90 Å². The van der Waals surface area contributed by atoms with Crippen molar-refractivity contribution in [2.75, 3.05) is 6.54 Å². The molecule has 1 saturated heterocycles. The lowest BCUT2D eigenvalue weighted by molar-refractivity contribution is -0.162. The highest BCUT2D eigenvalue weighted by molar-refractivity contribution is 5.85. The van der Waals surface area contributed by atoms with E-state index in [1.807, 2.05) is 0 Å². The van der Waals surface area contributed by atoms with E-state index in [1.165, 1.54) is 0 Å². The Balaban J connectivity index is 0.00000162. The minimum absolute atomic E-state index is 0. The van der Waals surface area contributed by atoms with Crippen LogP contribution in [0.15, 0.2) is 0 Å². The summed E-state index contributed by atoms with van der Waals surface area (Å²) < 4.78 is 37.4. The van der Waals surface area contributed by atoms with E-state index in [-0.39, 0.29) is 24.4 Å². The second-order valence-electron chi connectivity index (χ2n) is 4.99. The Labute approximate surface area is 110 Å². The van der Waals surface area contributed by atoms with Crippen LogP contribution in [0.3, 0.4) is 0 Å². The van der Waals surface area contributed by atoms with Gasteiger partial charge in [0.1, 0.15) is 6.04 Å². The summed E-state index contributed by atoms with van der Waals surface area (Å²) in [5.74, 6) is -0.990. The molecule has 0 bridgehead atoms. The monoisotopic (exact) mass is 287 g/mol. The second kappa shape index (κ2) is 5.65. The molecule has 0 radical (unpaired) electrons. The van der Waals surface area contributed by atoms with Crippen molar-refractivity contribution in [3.8, 4) is 0 Å². The van der Waals surface area contributed by atoms with Gasteiger partial charge in [0.05, 0.1) is 6.54 Å². The van der Waals surface area contributed by atoms with Crippen molar-refractivity contribution < 1.29 is 23.1 Å². The topological polar surface area (TPSA) is 40.5 Å². The number of halogens is 4. The van der Waals surface area contributed by atoms with Gasteiger partial charge in [0.15, 0.2) is 0 Å². The second-order valence-corrected chi connectivity index (χ2v) is 4.99. The molecule has 0 aromatic heterocycles. The molecular weight excluding hydrogens is 271 g/mol. The van der Waals surface area contributed by atoms with Crippen molar-refractivity contribution in [3.63, 3.8) is 0 Å². The Kier molecular flexibility index (Phi) is 4.89. The van der Waals surface area contributed by atoms with Crippen LogP contribution in [0.25, 0.3) is 0 Å². The summed E-state index contributed by atoms with van der Waals surface area (Å²) in [4.78, 5) is 12.2. The molecule has 0 spiro atoms. The third kappa shape index (κ3) is 3.29. The zero-order valence-electron chi connectivity index (χ0n) is 9.82. The van der Waals surface area contributed by atoms with Gasteiger partial charge in [0.25, 0.3) is 0 Å². The number of fused-ring (bicyclic) bond motifs is 1. The van der Waals surface area contributed by atoms with Gasteiger partial charge in [-0.2, -0.15) is 13.2 Å². The average Bonchev–Trinajstić information content (AvgIpc) is 2.55. The fourth-order valence-corrected chi connectivity index (χ4v) is 3.23. The van der Waals surface area contributed by atoms with Crippen molar-refractivity contribution in [1.29, 1.82) is 0 Å². The molecule has 2 rings (SSSR count). The Bertz CT molecular complexity index is 311. The van der Waals surface area contributed by atoms with Gasteiger partial charge in [-0.05, 0) is 25.2 Å². The number of likely N-dealkylation sites (tertiary alicyclic amines) is 1. The highest BCUT2D eigenvalue weighted by atomic mass is 35.5. The fraction of sp³-hybridized carbons (Fsp3) is 0.909. The van der Waals surface area contributed by atoms with Crippen molar-refractivity contribution in [3.05, 3.63) is 0 Å². The van der Waals surface area contributed by atoms with Gasteiger partial charge < -0.3 is 5.11 Å². The maximum absolute atomic E-state index is 12.5. The predicted molar refractivity (Wildman–Crippen MR) is 61.8 cm³/mol. The van der Waals surface area contributed by atoms with Gasteiger partial charge in [0.2, 0.25) is 0 Å². The van der Waals surface area contributed by atoms with E-state index in [1.54, 1.807) is 0 Å². The van der Waals surface area contributed by atoms with E-state index >= 15 is 0 Å². The van der Waals surface area contributed by atoms with Crippen LogP contribution in [0.2, 0.25) is 0 Å². The maximum Gasteiger partial charge on any atom is 0.401 e. The van der Waals surface area contributed by atoms with Crippen LogP contribution >= 0.6 is 12.4 Å². The number of aliphatic carboxylic acids is 1. The van der Waals surface area contributed by atoms with Gasteiger partial charge in [-0.3, -0.25) is 9.69 Å². The van der Waals surface area contributed by atoms with Crippen LogP contribution in [0.1, 0.15) is 32.1 Å². The number of nitrogens with zero attached hydrogens (tertiary/aromatic N) is 1. The lowest BCUT2D eigenvalue weighted by atomic mass is 9.85. The first-order valence-corrected chi connectivity index (χ1v) is 5.94. The number of hydrogen-bond donors (Lipinski definition) is 1. The fourth-order valence-electron chi connectivity index (χ4n) is 3.23. The lowest BCUT2D eigenvalue weighted by Crippen LogP contribution is -2.47. The summed E-state index contributed by atoms with van der Waals surface area (Å²) in [5.41, 5.74) is 0. The van der Waals surface area contributed by atoms with Gasteiger partial charge >= 0.3 is 12.1 Å². The number of hydrogen-bond acceptors (Lipinski definition) is 2. The average molecular weight is 288 g/mol. The van der Waals surface area contributed by atoms with Crippen molar-refractivity contribution in [2.24, 2.45) is 5.92 Å². The molecule has 1 aliphatic heterocycles. The van der Waals surface area contributed by atoms with Gasteiger partial charge in [0, 0.05) is 6.04 Å². The minimum atomic E-state index is -4.32. The molecule has 18 heavy (non-hydrogen) atoms. The number of rotatable bonds is 2. The van der Waals surface area contributed by atoms with E-state index in [9.17, 15) is 18.0 Å². The molecule has 0 aromatic carbocycles. The van der Waals surface area contributed by atoms with E-state index in [0.717, 1.165) is 24.2 Å². The third-order valence-electron chi connectivity index (χ3n) is 3.87.